The van der Waals surface area contributed by atoms with Crippen LogP contribution in [0.2, 0.25) is 0 Å². The maximum Gasteiger partial charge on any atom is 0.208 e. The summed E-state index contributed by atoms with van der Waals surface area (Å²) >= 11 is 0. The quantitative estimate of drug-likeness (QED) is 0.851. The molecule has 0 bridgehead atoms. The molecule has 0 amide bonds. The number of hydrogen-bond donors (Lipinski definition) is 1. The average Bonchev–Trinajstić information content (AvgIpc) is 2.48. The van der Waals surface area contributed by atoms with Crippen LogP contribution in [0.15, 0.2) is 59.8 Å². The van der Waals surface area contributed by atoms with Gasteiger partial charge in [-0.3, -0.25) is 4.98 Å². The molecule has 1 aromatic carbocycles. The zero-order valence-corrected chi connectivity index (χ0v) is 13.5. The van der Waals surface area contributed by atoms with Gasteiger partial charge in [-0.05, 0) is 23.8 Å². The molecule has 8 heteroatoms. The van der Waals surface area contributed by atoms with Crippen LogP contribution in [0.5, 0.6) is 0 Å². The number of rotatable bonds is 6. The van der Waals surface area contributed by atoms with Crippen LogP contribution < -0.4 is 4.72 Å². The van der Waals surface area contributed by atoms with Crippen molar-refractivity contribution in [2.24, 2.45) is 0 Å². The molecule has 1 heterocycles. The molecular formula is C14H16N2O4S2. The maximum atomic E-state index is 12.8. The van der Waals surface area contributed by atoms with Crippen molar-refractivity contribution in [1.82, 2.24) is 9.71 Å². The van der Waals surface area contributed by atoms with Gasteiger partial charge in [-0.25, -0.2) is 21.6 Å². The molecule has 0 aliphatic rings. The zero-order chi connectivity index (χ0) is 16.2. The summed E-state index contributed by atoms with van der Waals surface area (Å²) < 4.78 is 50.5. The van der Waals surface area contributed by atoms with E-state index in [9.17, 15) is 16.8 Å². The molecule has 118 valence electrons. The van der Waals surface area contributed by atoms with Gasteiger partial charge in [0.25, 0.3) is 0 Å². The summed E-state index contributed by atoms with van der Waals surface area (Å²) in [5, 5.41) is -1.04. The van der Waals surface area contributed by atoms with Gasteiger partial charge in [0, 0.05) is 18.9 Å². The second kappa shape index (κ2) is 6.55. The Hall–Kier alpha value is -1.77. The summed E-state index contributed by atoms with van der Waals surface area (Å²) in [6.45, 7) is -0.248. The third-order valence-corrected chi connectivity index (χ3v) is 5.84. The smallest absolute Gasteiger partial charge is 0.208 e. The number of benzene rings is 1. The number of pyridine rings is 1. The molecule has 22 heavy (non-hydrogen) atoms. The van der Waals surface area contributed by atoms with Crippen LogP contribution in [-0.2, 0) is 19.9 Å². The van der Waals surface area contributed by atoms with Gasteiger partial charge in [0.15, 0.2) is 9.84 Å². The van der Waals surface area contributed by atoms with E-state index in [4.69, 9.17) is 0 Å². The highest BCUT2D eigenvalue weighted by Gasteiger charge is 2.29. The Morgan fingerprint density at radius 2 is 1.73 bits per heavy atom. The van der Waals surface area contributed by atoms with Gasteiger partial charge in [0.05, 0.1) is 11.2 Å². The fraction of sp³-hybridized carbons (Fsp3) is 0.214. The fourth-order valence-corrected chi connectivity index (χ4v) is 4.22. The topological polar surface area (TPSA) is 93.2 Å². The van der Waals surface area contributed by atoms with Crippen LogP contribution in [-0.4, -0.2) is 34.6 Å². The summed E-state index contributed by atoms with van der Waals surface area (Å²) in [4.78, 5) is 4.05. The van der Waals surface area contributed by atoms with Crippen LogP contribution >= 0.6 is 0 Å². The Labute approximate surface area is 130 Å². The molecule has 2 rings (SSSR count). The highest BCUT2D eigenvalue weighted by atomic mass is 32.2. The highest BCUT2D eigenvalue weighted by Crippen LogP contribution is 2.27. The monoisotopic (exact) mass is 340 g/mol. The first-order valence-electron chi connectivity index (χ1n) is 6.44. The summed E-state index contributed by atoms with van der Waals surface area (Å²) in [5.74, 6) is 0. The van der Waals surface area contributed by atoms with Crippen LogP contribution in [0.4, 0.5) is 0 Å². The molecule has 0 spiro atoms. The van der Waals surface area contributed by atoms with E-state index in [-0.39, 0.29) is 11.4 Å². The third-order valence-electron chi connectivity index (χ3n) is 3.03. The zero-order valence-electron chi connectivity index (χ0n) is 11.9. The molecule has 0 radical (unpaired) electrons. The van der Waals surface area contributed by atoms with E-state index < -0.39 is 25.1 Å². The minimum atomic E-state index is -3.74. The SMILES string of the molecule is CS(=O)(=O)NC[C@@H](c1cccnc1)S(=O)(=O)c1ccccc1. The maximum absolute atomic E-state index is 12.8. The molecule has 0 aliphatic carbocycles. The number of sulfone groups is 1. The predicted molar refractivity (Wildman–Crippen MR) is 83.5 cm³/mol. The number of nitrogens with one attached hydrogen (secondary N) is 1. The molecular weight excluding hydrogens is 324 g/mol. The summed E-state index contributed by atoms with van der Waals surface area (Å²) in [5.41, 5.74) is 0.433. The molecule has 6 nitrogen and oxygen atoms in total. The Bertz CT molecular complexity index is 820. The Kier molecular flexibility index (Phi) is 4.94. The van der Waals surface area contributed by atoms with Crippen LogP contribution in [0.1, 0.15) is 10.8 Å². The minimum absolute atomic E-state index is 0.138. The predicted octanol–water partition coefficient (Wildman–Crippen LogP) is 1.15. The second-order valence-electron chi connectivity index (χ2n) is 4.75. The fourth-order valence-electron chi connectivity index (χ4n) is 1.97. The molecule has 0 unspecified atom stereocenters. The molecule has 0 fully saturated rings. The van der Waals surface area contributed by atoms with Gasteiger partial charge in [0.1, 0.15) is 5.25 Å². The number of sulfonamides is 1. The lowest BCUT2D eigenvalue weighted by Crippen LogP contribution is -2.31. The number of aromatic nitrogens is 1. The van der Waals surface area contributed by atoms with Crippen LogP contribution in [0.25, 0.3) is 0 Å². The van der Waals surface area contributed by atoms with Gasteiger partial charge < -0.3 is 0 Å². The second-order valence-corrected chi connectivity index (χ2v) is 8.72. The van der Waals surface area contributed by atoms with Crippen molar-refractivity contribution in [2.75, 3.05) is 12.8 Å². The molecule has 2 aromatic rings. The lowest BCUT2D eigenvalue weighted by molar-refractivity contribution is 0.571. The summed E-state index contributed by atoms with van der Waals surface area (Å²) in [6.07, 6.45) is 3.94. The third kappa shape index (κ3) is 4.12. The van der Waals surface area contributed by atoms with E-state index in [2.05, 4.69) is 9.71 Å². The largest absolute Gasteiger partial charge is 0.264 e. The number of nitrogens with zero attached hydrogens (tertiary/aromatic N) is 1. The van der Waals surface area contributed by atoms with E-state index in [0.29, 0.717) is 5.56 Å². The standard InChI is InChI=1S/C14H16N2O4S2/c1-21(17,18)16-11-14(12-6-5-9-15-10-12)22(19,20)13-7-3-2-4-8-13/h2-10,14,16H,11H2,1H3/t14-/m0/s1. The first-order valence-corrected chi connectivity index (χ1v) is 9.88. The van der Waals surface area contributed by atoms with Crippen molar-refractivity contribution in [2.45, 2.75) is 10.1 Å². The Morgan fingerprint density at radius 3 is 2.27 bits per heavy atom. The van der Waals surface area contributed by atoms with E-state index in [1.165, 1.54) is 24.5 Å². The normalized spacial score (nSPS) is 13.7. The molecule has 0 saturated carbocycles. The van der Waals surface area contributed by atoms with E-state index in [1.54, 1.807) is 30.3 Å². The van der Waals surface area contributed by atoms with Gasteiger partial charge in [-0.15, -0.1) is 0 Å². The summed E-state index contributed by atoms with van der Waals surface area (Å²) in [6, 6.07) is 11.2. The van der Waals surface area contributed by atoms with E-state index >= 15 is 0 Å². The van der Waals surface area contributed by atoms with Crippen molar-refractivity contribution in [3.63, 3.8) is 0 Å². The van der Waals surface area contributed by atoms with Gasteiger partial charge in [-0.2, -0.15) is 0 Å². The average molecular weight is 340 g/mol. The molecule has 1 N–H and O–H groups in total. The van der Waals surface area contributed by atoms with Gasteiger partial charge >= 0.3 is 0 Å². The molecule has 1 aromatic heterocycles. The first kappa shape index (κ1) is 16.6. The lowest BCUT2D eigenvalue weighted by Gasteiger charge is -2.18. The van der Waals surface area contributed by atoms with Crippen LogP contribution in [0.3, 0.4) is 0 Å². The number of hydrogen-bond acceptors (Lipinski definition) is 5. The Balaban J connectivity index is 2.44. The van der Waals surface area contributed by atoms with Crippen molar-refractivity contribution in [3.05, 3.63) is 60.4 Å². The molecule has 1 atom stereocenters. The van der Waals surface area contributed by atoms with E-state index in [0.717, 1.165) is 6.26 Å². The highest BCUT2D eigenvalue weighted by molar-refractivity contribution is 7.92. The van der Waals surface area contributed by atoms with Crippen molar-refractivity contribution < 1.29 is 16.8 Å². The lowest BCUT2D eigenvalue weighted by atomic mass is 10.2. The summed E-state index contributed by atoms with van der Waals surface area (Å²) in [7, 11) is -7.25. The van der Waals surface area contributed by atoms with Gasteiger partial charge in [0.2, 0.25) is 10.0 Å². The van der Waals surface area contributed by atoms with Crippen LogP contribution in [0, 0.1) is 0 Å². The van der Waals surface area contributed by atoms with E-state index in [1.807, 2.05) is 0 Å². The van der Waals surface area contributed by atoms with Crippen molar-refractivity contribution in [3.8, 4) is 0 Å². The van der Waals surface area contributed by atoms with Crippen molar-refractivity contribution in [1.29, 1.82) is 0 Å². The molecule has 0 aliphatic heterocycles. The Morgan fingerprint density at radius 1 is 1.05 bits per heavy atom. The van der Waals surface area contributed by atoms with Gasteiger partial charge in [-0.1, -0.05) is 24.3 Å². The van der Waals surface area contributed by atoms with Crippen molar-refractivity contribution >= 4 is 19.9 Å². The minimum Gasteiger partial charge on any atom is -0.264 e. The first-order chi connectivity index (χ1) is 10.3. The molecule has 0 saturated heterocycles.